The average molecular weight is 443 g/mol. The first kappa shape index (κ1) is 18.8. The first-order valence-electron chi connectivity index (χ1n) is 8.09. The summed E-state index contributed by atoms with van der Waals surface area (Å²) in [4.78, 5) is 6.75. The highest BCUT2D eigenvalue weighted by Gasteiger charge is 2.26. The van der Waals surface area contributed by atoms with E-state index in [9.17, 15) is 0 Å². The zero-order chi connectivity index (χ0) is 16.2. The molecule has 1 saturated heterocycles. The molecule has 1 fully saturated rings. The summed E-state index contributed by atoms with van der Waals surface area (Å²) in [5.41, 5.74) is 2.51. The molecule has 0 aromatic carbocycles. The Hall–Kier alpha value is -1.58. The molecule has 0 amide bonds. The van der Waals surface area contributed by atoms with Crippen LogP contribution in [-0.2, 0) is 13.6 Å². The van der Waals surface area contributed by atoms with E-state index in [0.717, 1.165) is 38.6 Å². The van der Waals surface area contributed by atoms with Crippen molar-refractivity contribution in [3.05, 3.63) is 35.9 Å². The topological polar surface area (TPSA) is 63.3 Å². The molecule has 0 saturated carbocycles. The Kier molecular flexibility index (Phi) is 6.64. The molecular weight excluding hydrogens is 417 g/mol. The van der Waals surface area contributed by atoms with Gasteiger partial charge < -0.3 is 10.2 Å². The molecule has 7 nitrogen and oxygen atoms in total. The highest BCUT2D eigenvalue weighted by Crippen LogP contribution is 2.26. The van der Waals surface area contributed by atoms with Crippen LogP contribution >= 0.6 is 24.0 Å². The molecule has 0 radical (unpaired) electrons. The van der Waals surface area contributed by atoms with E-state index in [1.807, 2.05) is 35.9 Å². The molecule has 2 aromatic heterocycles. The molecule has 0 bridgehead atoms. The normalized spacial score (nSPS) is 17.9. The van der Waals surface area contributed by atoms with Gasteiger partial charge in [-0.1, -0.05) is 0 Å². The Balaban J connectivity index is 0.00000208. The molecule has 0 aliphatic carbocycles. The van der Waals surface area contributed by atoms with Gasteiger partial charge in [-0.3, -0.25) is 14.4 Å². The van der Waals surface area contributed by atoms with E-state index in [2.05, 4.69) is 44.7 Å². The van der Waals surface area contributed by atoms with Crippen molar-refractivity contribution in [2.75, 3.05) is 26.7 Å². The lowest BCUT2D eigenvalue weighted by Gasteiger charge is -2.21. The van der Waals surface area contributed by atoms with Crippen LogP contribution in [-0.4, -0.2) is 57.1 Å². The number of aryl methyl sites for hydroxylation is 2. The number of guanidine groups is 1. The second-order valence-corrected chi connectivity index (χ2v) is 6.13. The summed E-state index contributed by atoms with van der Waals surface area (Å²) < 4.78 is 3.83. The van der Waals surface area contributed by atoms with Gasteiger partial charge in [-0.05, 0) is 24.5 Å². The van der Waals surface area contributed by atoms with Gasteiger partial charge in [0.25, 0.3) is 0 Å². The van der Waals surface area contributed by atoms with Crippen molar-refractivity contribution in [3.8, 4) is 0 Å². The SMILES string of the molecule is CN=C(NCCn1cc(C)cn1)N1CCC(c2cnn(C)c2)C1.I. The van der Waals surface area contributed by atoms with E-state index in [4.69, 9.17) is 0 Å². The van der Waals surface area contributed by atoms with Gasteiger partial charge >= 0.3 is 0 Å². The third kappa shape index (κ3) is 4.49. The van der Waals surface area contributed by atoms with Gasteiger partial charge in [0, 0.05) is 52.0 Å². The van der Waals surface area contributed by atoms with Gasteiger partial charge in [-0.15, -0.1) is 24.0 Å². The molecular formula is C16H26IN7. The van der Waals surface area contributed by atoms with Crippen LogP contribution in [0.15, 0.2) is 29.8 Å². The predicted molar refractivity (Wildman–Crippen MR) is 106 cm³/mol. The van der Waals surface area contributed by atoms with Crippen molar-refractivity contribution in [1.29, 1.82) is 0 Å². The molecule has 1 N–H and O–H groups in total. The van der Waals surface area contributed by atoms with E-state index in [1.54, 1.807) is 0 Å². The molecule has 0 spiro atoms. The number of aromatic nitrogens is 4. The van der Waals surface area contributed by atoms with Crippen LogP contribution in [0, 0.1) is 6.92 Å². The lowest BCUT2D eigenvalue weighted by atomic mass is 10.0. The Labute approximate surface area is 160 Å². The maximum absolute atomic E-state index is 4.42. The molecule has 24 heavy (non-hydrogen) atoms. The van der Waals surface area contributed by atoms with Crippen molar-refractivity contribution in [1.82, 2.24) is 29.8 Å². The maximum atomic E-state index is 4.42. The average Bonchev–Trinajstić information content (AvgIpc) is 3.25. The Morgan fingerprint density at radius 2 is 2.17 bits per heavy atom. The third-order valence-electron chi connectivity index (χ3n) is 4.28. The zero-order valence-corrected chi connectivity index (χ0v) is 16.8. The Morgan fingerprint density at radius 3 is 2.79 bits per heavy atom. The zero-order valence-electron chi connectivity index (χ0n) is 14.5. The van der Waals surface area contributed by atoms with E-state index in [1.165, 1.54) is 11.1 Å². The second-order valence-electron chi connectivity index (χ2n) is 6.13. The summed E-state index contributed by atoms with van der Waals surface area (Å²) in [6.45, 7) is 5.74. The monoisotopic (exact) mass is 443 g/mol. The van der Waals surface area contributed by atoms with Gasteiger partial charge in [0.2, 0.25) is 0 Å². The fourth-order valence-electron chi connectivity index (χ4n) is 3.08. The minimum absolute atomic E-state index is 0. The van der Waals surface area contributed by atoms with Crippen LogP contribution in [0.2, 0.25) is 0 Å². The highest BCUT2D eigenvalue weighted by molar-refractivity contribution is 14.0. The lowest BCUT2D eigenvalue weighted by Crippen LogP contribution is -2.41. The minimum atomic E-state index is 0. The molecule has 3 heterocycles. The quantitative estimate of drug-likeness (QED) is 0.443. The summed E-state index contributed by atoms with van der Waals surface area (Å²) >= 11 is 0. The highest BCUT2D eigenvalue weighted by atomic mass is 127. The molecule has 132 valence electrons. The summed E-state index contributed by atoms with van der Waals surface area (Å²) in [5.74, 6) is 1.51. The summed E-state index contributed by atoms with van der Waals surface area (Å²) in [6, 6.07) is 0. The first-order chi connectivity index (χ1) is 11.2. The molecule has 8 heteroatoms. The van der Waals surface area contributed by atoms with Crippen LogP contribution < -0.4 is 5.32 Å². The smallest absolute Gasteiger partial charge is 0.193 e. The predicted octanol–water partition coefficient (Wildman–Crippen LogP) is 1.61. The van der Waals surface area contributed by atoms with Gasteiger partial charge in [-0.2, -0.15) is 10.2 Å². The van der Waals surface area contributed by atoms with Crippen LogP contribution in [0.3, 0.4) is 0 Å². The molecule has 1 atom stereocenters. The number of likely N-dealkylation sites (tertiary alicyclic amines) is 1. The van der Waals surface area contributed by atoms with Gasteiger partial charge in [0.05, 0.1) is 18.9 Å². The first-order valence-corrected chi connectivity index (χ1v) is 8.09. The van der Waals surface area contributed by atoms with Crippen molar-refractivity contribution in [3.63, 3.8) is 0 Å². The number of hydrogen-bond acceptors (Lipinski definition) is 3. The number of rotatable bonds is 4. The number of nitrogens with zero attached hydrogens (tertiary/aromatic N) is 6. The molecule has 1 aliphatic heterocycles. The van der Waals surface area contributed by atoms with Crippen molar-refractivity contribution >= 4 is 29.9 Å². The van der Waals surface area contributed by atoms with Crippen LogP contribution in [0.25, 0.3) is 0 Å². The van der Waals surface area contributed by atoms with Gasteiger partial charge in [0.1, 0.15) is 0 Å². The van der Waals surface area contributed by atoms with E-state index < -0.39 is 0 Å². The number of nitrogens with one attached hydrogen (secondary N) is 1. The third-order valence-corrected chi connectivity index (χ3v) is 4.28. The van der Waals surface area contributed by atoms with Crippen LogP contribution in [0.4, 0.5) is 0 Å². The van der Waals surface area contributed by atoms with Crippen molar-refractivity contribution in [2.24, 2.45) is 12.0 Å². The van der Waals surface area contributed by atoms with Gasteiger partial charge in [-0.25, -0.2) is 0 Å². The van der Waals surface area contributed by atoms with Gasteiger partial charge in [0.15, 0.2) is 5.96 Å². The maximum Gasteiger partial charge on any atom is 0.193 e. The van der Waals surface area contributed by atoms with E-state index in [-0.39, 0.29) is 24.0 Å². The number of halogens is 1. The van der Waals surface area contributed by atoms with Crippen molar-refractivity contribution in [2.45, 2.75) is 25.8 Å². The summed E-state index contributed by atoms with van der Waals surface area (Å²) in [7, 11) is 3.81. The Bertz CT molecular complexity index is 676. The van der Waals surface area contributed by atoms with Crippen LogP contribution in [0.1, 0.15) is 23.5 Å². The van der Waals surface area contributed by atoms with Crippen molar-refractivity contribution < 1.29 is 0 Å². The largest absolute Gasteiger partial charge is 0.354 e. The summed E-state index contributed by atoms with van der Waals surface area (Å²) in [6.07, 6.45) is 9.17. The second kappa shape index (κ2) is 8.50. The molecule has 1 unspecified atom stereocenters. The van der Waals surface area contributed by atoms with E-state index >= 15 is 0 Å². The Morgan fingerprint density at radius 1 is 1.33 bits per heavy atom. The lowest BCUT2D eigenvalue weighted by molar-refractivity contribution is 0.479. The fourth-order valence-corrected chi connectivity index (χ4v) is 3.08. The van der Waals surface area contributed by atoms with Crippen LogP contribution in [0.5, 0.6) is 0 Å². The van der Waals surface area contributed by atoms with E-state index in [0.29, 0.717) is 5.92 Å². The molecule has 3 rings (SSSR count). The molecule has 1 aliphatic rings. The summed E-state index contributed by atoms with van der Waals surface area (Å²) in [5, 5.41) is 12.0. The standard InChI is InChI=1S/C16H25N7.HI/c1-13-8-20-23(10-13)7-5-18-16(17-2)22-6-4-14(12-22)15-9-19-21(3)11-15;/h8-11,14H,4-7,12H2,1-3H3,(H,17,18);1H. The number of aliphatic imine (C=N–C) groups is 1. The number of hydrogen-bond donors (Lipinski definition) is 1. The molecule has 2 aromatic rings. The fraction of sp³-hybridized carbons (Fsp3) is 0.562. The minimum Gasteiger partial charge on any atom is -0.354 e.